The minimum Gasteiger partial charge on any atom is -0.493 e. The second-order valence-corrected chi connectivity index (χ2v) is 5.79. The van der Waals surface area contributed by atoms with Crippen molar-refractivity contribution in [2.75, 3.05) is 19.4 Å². The van der Waals surface area contributed by atoms with E-state index in [2.05, 4.69) is 36.7 Å². The second-order valence-electron chi connectivity index (χ2n) is 4.52. The van der Waals surface area contributed by atoms with E-state index in [1.165, 1.54) is 12.0 Å². The first-order valence-corrected chi connectivity index (χ1v) is 7.58. The highest BCUT2D eigenvalue weighted by atomic mass is 32.2. The van der Waals surface area contributed by atoms with Crippen LogP contribution >= 0.6 is 11.8 Å². The number of fused-ring (bicyclic) bond motifs is 1. The Kier molecular flexibility index (Phi) is 4.75. The van der Waals surface area contributed by atoms with Crippen molar-refractivity contribution < 1.29 is 4.74 Å². The van der Waals surface area contributed by atoms with Crippen molar-refractivity contribution >= 4 is 11.8 Å². The third-order valence-corrected chi connectivity index (χ3v) is 4.34. The Morgan fingerprint density at radius 1 is 1.47 bits per heavy atom. The van der Waals surface area contributed by atoms with Crippen LogP contribution in [0.2, 0.25) is 0 Å². The molecule has 17 heavy (non-hydrogen) atoms. The van der Waals surface area contributed by atoms with Gasteiger partial charge in [-0.2, -0.15) is 11.8 Å². The summed E-state index contributed by atoms with van der Waals surface area (Å²) >= 11 is 1.93. The Morgan fingerprint density at radius 2 is 2.29 bits per heavy atom. The van der Waals surface area contributed by atoms with Crippen LogP contribution in [0, 0.1) is 0 Å². The lowest BCUT2D eigenvalue weighted by atomic mass is 10.0. The molecule has 0 aliphatic carbocycles. The molecule has 1 aromatic rings. The van der Waals surface area contributed by atoms with E-state index in [-0.39, 0.29) is 0 Å². The van der Waals surface area contributed by atoms with Gasteiger partial charge < -0.3 is 10.1 Å². The number of para-hydroxylation sites is 1. The molecule has 2 rings (SSSR count). The molecule has 0 saturated heterocycles. The normalized spacial score (nSPS) is 20.5. The van der Waals surface area contributed by atoms with Gasteiger partial charge in [-0.05, 0) is 25.3 Å². The van der Waals surface area contributed by atoms with E-state index in [9.17, 15) is 0 Å². The zero-order chi connectivity index (χ0) is 12.1. The summed E-state index contributed by atoms with van der Waals surface area (Å²) < 4.78 is 5.66. The zero-order valence-electron chi connectivity index (χ0n) is 10.6. The van der Waals surface area contributed by atoms with E-state index in [0.717, 1.165) is 30.6 Å². The molecule has 0 amide bonds. The van der Waals surface area contributed by atoms with Gasteiger partial charge in [0.15, 0.2) is 0 Å². The maximum Gasteiger partial charge on any atom is 0.124 e. The molecule has 0 saturated carbocycles. The molecule has 2 atom stereocenters. The third kappa shape index (κ3) is 3.39. The first kappa shape index (κ1) is 12.8. The summed E-state index contributed by atoms with van der Waals surface area (Å²) in [5.74, 6) is 1.05. The number of hydrogen-bond acceptors (Lipinski definition) is 3. The fraction of sp³-hybridized carbons (Fsp3) is 0.571. The van der Waals surface area contributed by atoms with Crippen LogP contribution in [0.1, 0.15) is 31.4 Å². The Balaban J connectivity index is 1.90. The summed E-state index contributed by atoms with van der Waals surface area (Å²) in [6.45, 7) is 4.19. The second kappa shape index (κ2) is 6.31. The number of nitrogens with one attached hydrogen (secondary N) is 1. The fourth-order valence-electron chi connectivity index (χ4n) is 2.13. The fourth-order valence-corrected chi connectivity index (χ4v) is 2.49. The van der Waals surface area contributed by atoms with Crippen molar-refractivity contribution in [3.05, 3.63) is 29.8 Å². The van der Waals surface area contributed by atoms with Gasteiger partial charge in [-0.25, -0.2) is 0 Å². The van der Waals surface area contributed by atoms with Gasteiger partial charge in [-0.3, -0.25) is 0 Å². The maximum absolute atomic E-state index is 5.66. The molecule has 0 spiro atoms. The summed E-state index contributed by atoms with van der Waals surface area (Å²) in [6, 6.07) is 8.83. The molecule has 0 fully saturated rings. The Bertz CT molecular complexity index is 356. The quantitative estimate of drug-likeness (QED) is 0.868. The summed E-state index contributed by atoms with van der Waals surface area (Å²) in [6.07, 6.45) is 4.47. The van der Waals surface area contributed by atoms with Crippen LogP contribution in [-0.2, 0) is 0 Å². The zero-order valence-corrected chi connectivity index (χ0v) is 11.4. The monoisotopic (exact) mass is 251 g/mol. The Labute approximate surface area is 108 Å². The predicted molar refractivity (Wildman–Crippen MR) is 74.9 cm³/mol. The number of hydrogen-bond donors (Lipinski definition) is 1. The highest BCUT2D eigenvalue weighted by molar-refractivity contribution is 7.99. The number of thioether (sulfide) groups is 1. The van der Waals surface area contributed by atoms with Crippen molar-refractivity contribution in [2.45, 2.75) is 31.1 Å². The van der Waals surface area contributed by atoms with Crippen LogP contribution in [0.4, 0.5) is 0 Å². The average Bonchev–Trinajstić information content (AvgIpc) is 2.39. The topological polar surface area (TPSA) is 21.3 Å². The third-order valence-electron chi connectivity index (χ3n) is 3.30. The summed E-state index contributed by atoms with van der Waals surface area (Å²) in [5, 5.41) is 4.38. The molecule has 0 radical (unpaired) electrons. The van der Waals surface area contributed by atoms with Crippen LogP contribution in [0.3, 0.4) is 0 Å². The molecule has 1 N–H and O–H groups in total. The molecule has 2 unspecified atom stereocenters. The highest BCUT2D eigenvalue weighted by Gasteiger charge is 2.20. The number of benzene rings is 1. The van der Waals surface area contributed by atoms with Crippen molar-refractivity contribution in [2.24, 2.45) is 0 Å². The SMILES string of the molecule is CSC(C)CCNC1CCOc2ccccc21. The minimum atomic E-state index is 0.467. The molecule has 2 nitrogen and oxygen atoms in total. The average molecular weight is 251 g/mol. The van der Waals surface area contributed by atoms with E-state index < -0.39 is 0 Å². The van der Waals surface area contributed by atoms with Crippen molar-refractivity contribution in [3.8, 4) is 5.75 Å². The van der Waals surface area contributed by atoms with Gasteiger partial charge >= 0.3 is 0 Å². The first-order chi connectivity index (χ1) is 8.31. The van der Waals surface area contributed by atoms with Crippen LogP contribution in [0.15, 0.2) is 24.3 Å². The van der Waals surface area contributed by atoms with E-state index in [0.29, 0.717) is 6.04 Å². The van der Waals surface area contributed by atoms with Gasteiger partial charge in [-0.1, -0.05) is 25.1 Å². The minimum absolute atomic E-state index is 0.467. The van der Waals surface area contributed by atoms with Gasteiger partial charge in [0.25, 0.3) is 0 Å². The van der Waals surface area contributed by atoms with Crippen LogP contribution in [-0.4, -0.2) is 24.7 Å². The van der Waals surface area contributed by atoms with Crippen LogP contribution in [0.25, 0.3) is 0 Å². The lowest BCUT2D eigenvalue weighted by Crippen LogP contribution is -2.28. The Morgan fingerprint density at radius 3 is 3.12 bits per heavy atom. The number of rotatable bonds is 5. The smallest absolute Gasteiger partial charge is 0.124 e. The van der Waals surface area contributed by atoms with Gasteiger partial charge in [0.05, 0.1) is 6.61 Å². The lowest BCUT2D eigenvalue weighted by molar-refractivity contribution is 0.253. The lowest BCUT2D eigenvalue weighted by Gasteiger charge is -2.27. The molecular weight excluding hydrogens is 230 g/mol. The molecular formula is C14H21NOS. The molecule has 1 aliphatic heterocycles. The maximum atomic E-state index is 5.66. The summed E-state index contributed by atoms with van der Waals surface area (Å²) in [7, 11) is 0. The van der Waals surface area contributed by atoms with E-state index >= 15 is 0 Å². The van der Waals surface area contributed by atoms with Crippen LogP contribution in [0.5, 0.6) is 5.75 Å². The van der Waals surface area contributed by atoms with E-state index in [1.807, 2.05) is 17.8 Å². The molecule has 1 aliphatic rings. The van der Waals surface area contributed by atoms with Crippen molar-refractivity contribution in [1.29, 1.82) is 0 Å². The van der Waals surface area contributed by atoms with Crippen LogP contribution < -0.4 is 10.1 Å². The summed E-state index contributed by atoms with van der Waals surface area (Å²) in [4.78, 5) is 0. The van der Waals surface area contributed by atoms with E-state index in [1.54, 1.807) is 0 Å². The standard InChI is InChI=1S/C14H21NOS/c1-11(17-2)7-9-15-13-8-10-16-14-6-4-3-5-12(13)14/h3-6,11,13,15H,7-10H2,1-2H3. The van der Waals surface area contributed by atoms with Crippen molar-refractivity contribution in [1.82, 2.24) is 5.32 Å². The molecule has 94 valence electrons. The van der Waals surface area contributed by atoms with Crippen molar-refractivity contribution in [3.63, 3.8) is 0 Å². The predicted octanol–water partition coefficient (Wildman–Crippen LogP) is 3.24. The van der Waals surface area contributed by atoms with Gasteiger partial charge in [0.2, 0.25) is 0 Å². The van der Waals surface area contributed by atoms with Gasteiger partial charge in [0, 0.05) is 23.3 Å². The van der Waals surface area contributed by atoms with Gasteiger partial charge in [-0.15, -0.1) is 0 Å². The highest BCUT2D eigenvalue weighted by Crippen LogP contribution is 2.31. The molecule has 0 bridgehead atoms. The molecule has 0 aromatic heterocycles. The molecule has 1 heterocycles. The molecule has 1 aromatic carbocycles. The number of ether oxygens (including phenoxy) is 1. The molecule has 3 heteroatoms. The Hall–Kier alpha value is -0.670. The van der Waals surface area contributed by atoms with E-state index in [4.69, 9.17) is 4.74 Å². The van der Waals surface area contributed by atoms with Gasteiger partial charge in [0.1, 0.15) is 5.75 Å². The summed E-state index contributed by atoms with van der Waals surface area (Å²) in [5.41, 5.74) is 1.32. The largest absolute Gasteiger partial charge is 0.493 e. The first-order valence-electron chi connectivity index (χ1n) is 6.29.